The maximum atomic E-state index is 11.1. The van der Waals surface area contributed by atoms with E-state index in [1.807, 2.05) is 32.3 Å². The van der Waals surface area contributed by atoms with Gasteiger partial charge in [0.15, 0.2) is 0 Å². The summed E-state index contributed by atoms with van der Waals surface area (Å²) in [5.74, 6) is 0. The third-order valence-electron chi connectivity index (χ3n) is 2.53. The zero-order valence-electron chi connectivity index (χ0n) is 9.54. The largest absolute Gasteiger partial charge is 0.297 e. The summed E-state index contributed by atoms with van der Waals surface area (Å²) in [4.78, 5) is 12.7. The molecule has 0 spiro atoms. The molecule has 4 heteroatoms. The number of nitro groups is 1. The van der Waals surface area contributed by atoms with Crippen molar-refractivity contribution < 1.29 is 4.92 Å². The second-order valence-electron chi connectivity index (χ2n) is 3.83. The molecule has 1 aromatic rings. The van der Waals surface area contributed by atoms with E-state index in [1.165, 1.54) is 0 Å². The van der Waals surface area contributed by atoms with Crippen LogP contribution in [0.3, 0.4) is 0 Å². The molecule has 0 saturated heterocycles. The molecule has 0 aliphatic heterocycles. The fourth-order valence-corrected chi connectivity index (χ4v) is 1.72. The Balaban J connectivity index is 3.09. The second kappa shape index (κ2) is 5.42. The van der Waals surface area contributed by atoms with Crippen LogP contribution in [0.2, 0.25) is 0 Å². The van der Waals surface area contributed by atoms with Gasteiger partial charge in [-0.2, -0.15) is 0 Å². The number of hydrogen-bond donors (Lipinski definition) is 0. The minimum atomic E-state index is -0.770. The molecule has 0 radical (unpaired) electrons. The van der Waals surface area contributed by atoms with Crippen molar-refractivity contribution in [2.75, 3.05) is 14.1 Å². The topological polar surface area (TPSA) is 46.4 Å². The molecule has 2 unspecified atom stereocenters. The lowest BCUT2D eigenvalue weighted by atomic mass is 9.99. The van der Waals surface area contributed by atoms with Crippen LogP contribution in [0.15, 0.2) is 43.0 Å². The highest BCUT2D eigenvalue weighted by Gasteiger charge is 2.32. The maximum absolute atomic E-state index is 11.1. The lowest BCUT2D eigenvalue weighted by Gasteiger charge is -2.24. The number of nitrogens with zero attached hydrogens (tertiary/aromatic N) is 2. The Morgan fingerprint density at radius 1 is 1.38 bits per heavy atom. The molecule has 2 atom stereocenters. The van der Waals surface area contributed by atoms with E-state index in [9.17, 15) is 10.1 Å². The predicted octanol–water partition coefficient (Wildman–Crippen LogP) is 2.12. The SMILES string of the molecule is C=CC(C(c1ccccc1)[N+](=O)[O-])N(C)C. The quantitative estimate of drug-likeness (QED) is 0.434. The second-order valence-corrected chi connectivity index (χ2v) is 3.83. The van der Waals surface area contributed by atoms with Gasteiger partial charge in [-0.25, -0.2) is 0 Å². The van der Waals surface area contributed by atoms with Crippen LogP contribution in [-0.2, 0) is 0 Å². The van der Waals surface area contributed by atoms with Gasteiger partial charge < -0.3 is 0 Å². The van der Waals surface area contributed by atoms with Crippen LogP contribution in [0.25, 0.3) is 0 Å². The van der Waals surface area contributed by atoms with Crippen LogP contribution >= 0.6 is 0 Å². The minimum Gasteiger partial charge on any atom is -0.297 e. The molecule has 0 N–H and O–H groups in total. The van der Waals surface area contributed by atoms with E-state index in [4.69, 9.17) is 0 Å². The number of benzene rings is 1. The Morgan fingerprint density at radius 3 is 2.31 bits per heavy atom. The van der Waals surface area contributed by atoms with E-state index in [2.05, 4.69) is 6.58 Å². The average molecular weight is 220 g/mol. The highest BCUT2D eigenvalue weighted by molar-refractivity contribution is 5.20. The zero-order chi connectivity index (χ0) is 12.1. The predicted molar refractivity (Wildman–Crippen MR) is 63.8 cm³/mol. The van der Waals surface area contributed by atoms with E-state index in [-0.39, 0.29) is 11.0 Å². The van der Waals surface area contributed by atoms with Crippen molar-refractivity contribution in [2.45, 2.75) is 12.1 Å². The Bertz CT molecular complexity index is 363. The summed E-state index contributed by atoms with van der Waals surface area (Å²) in [6.07, 6.45) is 1.61. The molecule has 16 heavy (non-hydrogen) atoms. The summed E-state index contributed by atoms with van der Waals surface area (Å²) < 4.78 is 0. The standard InChI is InChI=1S/C12H16N2O2/c1-4-11(13(2)3)12(14(15)16)10-8-6-5-7-9-10/h4-9,11-12H,1H2,2-3H3. The highest BCUT2D eigenvalue weighted by Crippen LogP contribution is 2.23. The lowest BCUT2D eigenvalue weighted by molar-refractivity contribution is -0.534. The summed E-state index contributed by atoms with van der Waals surface area (Å²) in [7, 11) is 3.62. The highest BCUT2D eigenvalue weighted by atomic mass is 16.6. The van der Waals surface area contributed by atoms with E-state index in [0.717, 1.165) is 0 Å². The van der Waals surface area contributed by atoms with Gasteiger partial charge in [0.2, 0.25) is 0 Å². The molecule has 86 valence electrons. The first kappa shape index (κ1) is 12.4. The van der Waals surface area contributed by atoms with Crippen molar-refractivity contribution in [3.63, 3.8) is 0 Å². The molecule has 0 aliphatic carbocycles. The smallest absolute Gasteiger partial charge is 0.256 e. The van der Waals surface area contributed by atoms with Crippen molar-refractivity contribution in [1.82, 2.24) is 4.90 Å². The molecule has 0 aromatic heterocycles. The molecule has 0 saturated carbocycles. The lowest BCUT2D eigenvalue weighted by Crippen LogP contribution is -2.36. The molecule has 1 aromatic carbocycles. The van der Waals surface area contributed by atoms with E-state index < -0.39 is 6.04 Å². The normalized spacial score (nSPS) is 14.4. The monoisotopic (exact) mass is 220 g/mol. The Morgan fingerprint density at radius 2 is 1.94 bits per heavy atom. The fourth-order valence-electron chi connectivity index (χ4n) is 1.72. The third kappa shape index (κ3) is 2.67. The van der Waals surface area contributed by atoms with E-state index >= 15 is 0 Å². The van der Waals surface area contributed by atoms with Crippen molar-refractivity contribution in [1.29, 1.82) is 0 Å². The molecule has 1 rings (SSSR count). The molecule has 0 aliphatic rings. The van der Waals surface area contributed by atoms with Crippen molar-refractivity contribution in [2.24, 2.45) is 0 Å². The van der Waals surface area contributed by atoms with Gasteiger partial charge in [-0.05, 0) is 14.1 Å². The van der Waals surface area contributed by atoms with Crippen LogP contribution < -0.4 is 0 Å². The van der Waals surface area contributed by atoms with Crippen molar-refractivity contribution >= 4 is 0 Å². The van der Waals surface area contributed by atoms with Crippen molar-refractivity contribution in [3.8, 4) is 0 Å². The van der Waals surface area contributed by atoms with Crippen LogP contribution in [0.5, 0.6) is 0 Å². The number of likely N-dealkylation sites (N-methyl/N-ethyl adjacent to an activating group) is 1. The van der Waals surface area contributed by atoms with Crippen LogP contribution in [0.4, 0.5) is 0 Å². The Labute approximate surface area is 95.3 Å². The first-order valence-corrected chi connectivity index (χ1v) is 5.05. The average Bonchev–Trinajstić information content (AvgIpc) is 2.25. The van der Waals surface area contributed by atoms with Gasteiger partial charge in [-0.15, -0.1) is 6.58 Å². The first-order chi connectivity index (χ1) is 7.57. The van der Waals surface area contributed by atoms with E-state index in [0.29, 0.717) is 5.56 Å². The van der Waals surface area contributed by atoms with Gasteiger partial charge in [0.25, 0.3) is 6.04 Å². The van der Waals surface area contributed by atoms with Gasteiger partial charge in [-0.1, -0.05) is 36.4 Å². The molecule has 0 amide bonds. The van der Waals surface area contributed by atoms with Crippen molar-refractivity contribution in [3.05, 3.63) is 58.7 Å². The summed E-state index contributed by atoms with van der Waals surface area (Å²) in [6.45, 7) is 3.66. The van der Waals surface area contributed by atoms with Gasteiger partial charge in [0.05, 0.1) is 6.04 Å². The van der Waals surface area contributed by atoms with Gasteiger partial charge >= 0.3 is 0 Å². The number of hydrogen-bond acceptors (Lipinski definition) is 3. The molecular weight excluding hydrogens is 204 g/mol. The fraction of sp³-hybridized carbons (Fsp3) is 0.333. The van der Waals surface area contributed by atoms with Gasteiger partial charge in [0, 0.05) is 10.5 Å². The van der Waals surface area contributed by atoms with Crippen LogP contribution in [-0.4, -0.2) is 30.0 Å². The van der Waals surface area contributed by atoms with Gasteiger partial charge in [-0.3, -0.25) is 15.0 Å². The molecule has 0 fully saturated rings. The molecule has 0 heterocycles. The maximum Gasteiger partial charge on any atom is 0.256 e. The van der Waals surface area contributed by atoms with Crippen LogP contribution in [0.1, 0.15) is 11.6 Å². The Kier molecular flexibility index (Phi) is 4.19. The minimum absolute atomic E-state index is 0.262. The zero-order valence-corrected chi connectivity index (χ0v) is 9.54. The summed E-state index contributed by atoms with van der Waals surface area (Å²) in [6, 6.07) is 7.93. The van der Waals surface area contributed by atoms with E-state index in [1.54, 1.807) is 23.1 Å². The Hall–Kier alpha value is -1.68. The molecule has 0 bridgehead atoms. The molecule has 4 nitrogen and oxygen atoms in total. The first-order valence-electron chi connectivity index (χ1n) is 5.05. The molecular formula is C12H16N2O2. The van der Waals surface area contributed by atoms with Crippen LogP contribution in [0, 0.1) is 10.1 Å². The summed E-state index contributed by atoms with van der Waals surface area (Å²) in [5.41, 5.74) is 0.700. The third-order valence-corrected chi connectivity index (χ3v) is 2.53. The summed E-state index contributed by atoms with van der Waals surface area (Å²) >= 11 is 0. The summed E-state index contributed by atoms with van der Waals surface area (Å²) in [5, 5.41) is 11.1. The number of rotatable bonds is 5. The van der Waals surface area contributed by atoms with Gasteiger partial charge in [0.1, 0.15) is 0 Å².